The van der Waals surface area contributed by atoms with Crippen LogP contribution in [0.4, 0.5) is 0 Å². The second kappa shape index (κ2) is 5.12. The lowest BCUT2D eigenvalue weighted by Crippen LogP contribution is -2.58. The number of nitrogens with one attached hydrogen (secondary N) is 1. The Morgan fingerprint density at radius 3 is 2.24 bits per heavy atom. The van der Waals surface area contributed by atoms with Gasteiger partial charge in [0.15, 0.2) is 0 Å². The van der Waals surface area contributed by atoms with Gasteiger partial charge in [-0.25, -0.2) is 0 Å². The lowest BCUT2D eigenvalue weighted by atomic mass is 9.53. The Labute approximate surface area is 129 Å². The van der Waals surface area contributed by atoms with Gasteiger partial charge in [0.05, 0.1) is 0 Å². The lowest BCUT2D eigenvalue weighted by Gasteiger charge is -2.57. The maximum absolute atomic E-state index is 4.01. The summed E-state index contributed by atoms with van der Waals surface area (Å²) in [6, 6.07) is 9.18. The summed E-state index contributed by atoms with van der Waals surface area (Å²) in [5, 5.41) is 4.01. The van der Waals surface area contributed by atoms with Gasteiger partial charge in [-0.15, -0.1) is 0 Å². The monoisotopic (exact) mass is 283 g/mol. The van der Waals surface area contributed by atoms with Gasteiger partial charge in [0.1, 0.15) is 0 Å². The zero-order valence-corrected chi connectivity index (χ0v) is 13.6. The zero-order valence-electron chi connectivity index (χ0n) is 13.6. The van der Waals surface area contributed by atoms with Crippen molar-refractivity contribution < 1.29 is 0 Å². The van der Waals surface area contributed by atoms with Crippen molar-refractivity contribution in [2.45, 2.75) is 70.4 Å². The van der Waals surface area contributed by atoms with Gasteiger partial charge in [0.25, 0.3) is 0 Å². The molecule has 0 saturated heterocycles. The average molecular weight is 283 g/mol. The molecule has 0 spiro atoms. The summed E-state index contributed by atoms with van der Waals surface area (Å²) in [6.45, 7) is 5.63. The summed E-state index contributed by atoms with van der Waals surface area (Å²) in [5.74, 6) is 3.73. The number of hydrogen-bond donors (Lipinski definition) is 1. The summed E-state index contributed by atoms with van der Waals surface area (Å²) in [5.41, 5.74) is 3.43. The van der Waals surface area contributed by atoms with Crippen molar-refractivity contribution in [3.05, 3.63) is 35.4 Å². The predicted molar refractivity (Wildman–Crippen MR) is 88.3 cm³/mol. The summed E-state index contributed by atoms with van der Waals surface area (Å²) in [7, 11) is 0. The molecule has 1 heteroatoms. The molecule has 1 aromatic rings. The summed E-state index contributed by atoms with van der Waals surface area (Å²) >= 11 is 0. The first-order chi connectivity index (χ1) is 10.1. The van der Waals surface area contributed by atoms with Crippen LogP contribution in [0.3, 0.4) is 0 Å². The third-order valence-corrected chi connectivity index (χ3v) is 6.32. The van der Waals surface area contributed by atoms with Crippen molar-refractivity contribution in [3.8, 4) is 0 Å². The van der Waals surface area contributed by atoms with Crippen molar-refractivity contribution in [3.63, 3.8) is 0 Å². The van der Waals surface area contributed by atoms with E-state index in [1.54, 1.807) is 0 Å². The van der Waals surface area contributed by atoms with E-state index in [9.17, 15) is 0 Å². The molecule has 4 aliphatic carbocycles. The first-order valence-corrected chi connectivity index (χ1v) is 8.96. The van der Waals surface area contributed by atoms with Crippen LogP contribution in [0, 0.1) is 17.8 Å². The minimum atomic E-state index is 0.489. The van der Waals surface area contributed by atoms with Crippen LogP contribution in [0.15, 0.2) is 24.3 Å². The van der Waals surface area contributed by atoms with Crippen LogP contribution < -0.4 is 5.32 Å². The third kappa shape index (κ3) is 2.65. The molecule has 0 aromatic heterocycles. The van der Waals surface area contributed by atoms with Crippen molar-refractivity contribution in [2.24, 2.45) is 17.8 Å². The maximum Gasteiger partial charge on any atom is 0.0210 e. The normalized spacial score (nSPS) is 37.4. The van der Waals surface area contributed by atoms with E-state index in [-0.39, 0.29) is 0 Å². The molecule has 0 heterocycles. The Hall–Kier alpha value is -0.820. The van der Waals surface area contributed by atoms with E-state index in [1.807, 2.05) is 0 Å². The highest BCUT2D eigenvalue weighted by atomic mass is 15.0. The first-order valence-electron chi connectivity index (χ1n) is 8.96. The fraction of sp³-hybridized carbons (Fsp3) is 0.700. The highest BCUT2D eigenvalue weighted by Gasteiger charge is 2.50. The van der Waals surface area contributed by atoms with E-state index in [0.717, 1.165) is 24.3 Å². The van der Waals surface area contributed by atoms with Crippen LogP contribution in [0.2, 0.25) is 0 Å². The Bertz CT molecular complexity index is 481. The van der Waals surface area contributed by atoms with Crippen LogP contribution in [0.5, 0.6) is 0 Å². The van der Waals surface area contributed by atoms with Gasteiger partial charge in [-0.3, -0.25) is 0 Å². The Balaban J connectivity index is 1.46. The van der Waals surface area contributed by atoms with Gasteiger partial charge in [0, 0.05) is 12.1 Å². The first kappa shape index (κ1) is 13.8. The molecule has 0 amide bonds. The Morgan fingerprint density at radius 1 is 1.05 bits per heavy atom. The van der Waals surface area contributed by atoms with Crippen molar-refractivity contribution in [2.75, 3.05) is 0 Å². The summed E-state index contributed by atoms with van der Waals surface area (Å²) in [4.78, 5) is 0. The molecule has 4 fully saturated rings. The van der Waals surface area contributed by atoms with E-state index in [2.05, 4.69) is 43.4 Å². The van der Waals surface area contributed by atoms with Gasteiger partial charge in [-0.1, -0.05) is 38.1 Å². The molecular formula is C20H29N. The van der Waals surface area contributed by atoms with E-state index in [1.165, 1.54) is 49.7 Å². The number of benzene rings is 1. The summed E-state index contributed by atoms with van der Waals surface area (Å²) in [6.07, 6.45) is 8.94. The van der Waals surface area contributed by atoms with E-state index in [4.69, 9.17) is 0 Å². The van der Waals surface area contributed by atoms with Gasteiger partial charge < -0.3 is 5.32 Å². The van der Waals surface area contributed by atoms with Gasteiger partial charge in [-0.05, 0) is 73.3 Å². The Kier molecular flexibility index (Phi) is 3.37. The summed E-state index contributed by atoms with van der Waals surface area (Å²) < 4.78 is 0. The molecule has 1 N–H and O–H groups in total. The minimum absolute atomic E-state index is 0.489. The minimum Gasteiger partial charge on any atom is -0.307 e. The van der Waals surface area contributed by atoms with Gasteiger partial charge in [-0.2, -0.15) is 0 Å². The molecule has 4 bridgehead atoms. The smallest absolute Gasteiger partial charge is 0.0210 e. The topological polar surface area (TPSA) is 12.0 Å². The van der Waals surface area contributed by atoms with Crippen LogP contribution in [0.1, 0.15) is 69.4 Å². The average Bonchev–Trinajstić information content (AvgIpc) is 2.44. The largest absolute Gasteiger partial charge is 0.307 e. The quantitative estimate of drug-likeness (QED) is 0.831. The molecule has 0 radical (unpaired) electrons. The lowest BCUT2D eigenvalue weighted by molar-refractivity contribution is -0.0206. The molecule has 21 heavy (non-hydrogen) atoms. The zero-order chi connectivity index (χ0) is 14.4. The highest BCUT2D eigenvalue weighted by molar-refractivity contribution is 5.26. The molecule has 0 unspecified atom stereocenters. The molecule has 0 aliphatic heterocycles. The fourth-order valence-electron chi connectivity index (χ4n) is 5.68. The molecule has 114 valence electrons. The standard InChI is InChI=1S/C20H29N/c1-14(2)19-5-3-4-15(9-19)13-21-20-10-16-6-17(11-20)8-18(7-16)12-20/h3-5,9,14,16-18,21H,6-8,10-13H2,1-2H3. The Morgan fingerprint density at radius 2 is 1.67 bits per heavy atom. The second-order valence-corrected chi connectivity index (χ2v) is 8.45. The van der Waals surface area contributed by atoms with E-state index < -0.39 is 0 Å². The number of hydrogen-bond acceptors (Lipinski definition) is 1. The van der Waals surface area contributed by atoms with Crippen LogP contribution in [-0.4, -0.2) is 5.54 Å². The van der Waals surface area contributed by atoms with Crippen LogP contribution >= 0.6 is 0 Å². The van der Waals surface area contributed by atoms with E-state index >= 15 is 0 Å². The number of rotatable bonds is 4. The van der Waals surface area contributed by atoms with Crippen LogP contribution in [-0.2, 0) is 6.54 Å². The SMILES string of the molecule is CC(C)c1cccc(CNC23CC4CC(CC(C4)C2)C3)c1. The van der Waals surface area contributed by atoms with Crippen molar-refractivity contribution >= 4 is 0 Å². The molecule has 0 atom stereocenters. The van der Waals surface area contributed by atoms with E-state index in [0.29, 0.717) is 11.5 Å². The molecule has 1 nitrogen and oxygen atoms in total. The van der Waals surface area contributed by atoms with Crippen LogP contribution in [0.25, 0.3) is 0 Å². The second-order valence-electron chi connectivity index (χ2n) is 8.45. The molecule has 1 aromatic carbocycles. The van der Waals surface area contributed by atoms with Crippen molar-refractivity contribution in [1.29, 1.82) is 0 Å². The maximum atomic E-state index is 4.01. The molecule has 4 aliphatic rings. The molecule has 5 rings (SSSR count). The van der Waals surface area contributed by atoms with Crippen molar-refractivity contribution in [1.82, 2.24) is 5.32 Å². The highest BCUT2D eigenvalue weighted by Crippen LogP contribution is 2.55. The third-order valence-electron chi connectivity index (χ3n) is 6.32. The molecular weight excluding hydrogens is 254 g/mol. The van der Waals surface area contributed by atoms with Gasteiger partial charge >= 0.3 is 0 Å². The fourth-order valence-corrected chi connectivity index (χ4v) is 5.68. The van der Waals surface area contributed by atoms with Gasteiger partial charge in [0.2, 0.25) is 0 Å². The molecule has 4 saturated carbocycles. The predicted octanol–water partition coefficient (Wildman–Crippen LogP) is 4.87.